The number of nitriles is 1. The summed E-state index contributed by atoms with van der Waals surface area (Å²) >= 11 is 0. The molecule has 46 heavy (non-hydrogen) atoms. The number of ether oxygens (including phenoxy) is 2. The van der Waals surface area contributed by atoms with Crippen LogP contribution in [-0.4, -0.2) is 69.9 Å². The van der Waals surface area contributed by atoms with Gasteiger partial charge in [-0.2, -0.15) is 15.2 Å². The Morgan fingerprint density at radius 3 is 2.63 bits per heavy atom. The summed E-state index contributed by atoms with van der Waals surface area (Å²) in [6.07, 6.45) is 6.11. The second kappa shape index (κ2) is 10.6. The molecule has 0 bridgehead atoms. The Hall–Kier alpha value is -3.82. The SMILES string of the molecule is CC(Oc1cc(OC2CNC23CC(F)(F)C3)nc(-c2noc3c2CCCC32CCCc3ccc(N)c(C#N)c32)n1)C1CCCN1C. The fraction of sp³-hybridized carbons (Fsp3) is 0.588. The fourth-order valence-electron chi connectivity index (χ4n) is 8.92. The Morgan fingerprint density at radius 2 is 1.93 bits per heavy atom. The number of fused-ring (bicyclic) bond motifs is 4. The zero-order valence-corrected chi connectivity index (χ0v) is 26.2. The molecule has 10 nitrogen and oxygen atoms in total. The van der Waals surface area contributed by atoms with E-state index < -0.39 is 23.0 Å². The largest absolute Gasteiger partial charge is 0.473 e. The van der Waals surface area contributed by atoms with E-state index >= 15 is 0 Å². The van der Waals surface area contributed by atoms with Crippen LogP contribution in [0.2, 0.25) is 0 Å². The summed E-state index contributed by atoms with van der Waals surface area (Å²) in [5.41, 5.74) is 9.57. The number of aryl methyl sites for hydroxylation is 1. The van der Waals surface area contributed by atoms with Crippen molar-refractivity contribution in [3.63, 3.8) is 0 Å². The molecule has 3 fully saturated rings. The topological polar surface area (TPSA) is 135 Å². The summed E-state index contributed by atoms with van der Waals surface area (Å²) in [5, 5.41) is 17.9. The van der Waals surface area contributed by atoms with Gasteiger partial charge in [-0.15, -0.1) is 0 Å². The Balaban J connectivity index is 1.18. The van der Waals surface area contributed by atoms with E-state index in [0.29, 0.717) is 41.6 Å². The molecular formula is C34H39F2N7O3. The van der Waals surface area contributed by atoms with Crippen LogP contribution < -0.4 is 20.5 Å². The van der Waals surface area contributed by atoms with Gasteiger partial charge in [0.15, 0.2) is 17.3 Å². The Labute approximate surface area is 266 Å². The van der Waals surface area contributed by atoms with Crippen molar-refractivity contribution in [2.45, 2.75) is 106 Å². The number of hydrogen-bond donors (Lipinski definition) is 2. The number of nitrogens with two attached hydrogens (primary N) is 1. The lowest BCUT2D eigenvalue weighted by Crippen LogP contribution is -2.78. The lowest BCUT2D eigenvalue weighted by atomic mass is 9.61. The quantitative estimate of drug-likeness (QED) is 0.361. The van der Waals surface area contributed by atoms with Gasteiger partial charge in [0.2, 0.25) is 11.8 Å². The van der Waals surface area contributed by atoms with Crippen LogP contribution in [0.25, 0.3) is 11.5 Å². The molecule has 5 aliphatic rings. The molecule has 242 valence electrons. The molecule has 4 unspecified atom stereocenters. The van der Waals surface area contributed by atoms with Crippen molar-refractivity contribution in [2.75, 3.05) is 25.9 Å². The predicted octanol–water partition coefficient (Wildman–Crippen LogP) is 4.92. The monoisotopic (exact) mass is 631 g/mol. The van der Waals surface area contributed by atoms with Crippen LogP contribution in [0.3, 0.4) is 0 Å². The van der Waals surface area contributed by atoms with E-state index in [1.165, 1.54) is 0 Å². The van der Waals surface area contributed by atoms with Gasteiger partial charge in [-0.25, -0.2) is 8.78 Å². The number of likely N-dealkylation sites (tertiary alicyclic amines) is 1. The van der Waals surface area contributed by atoms with Crippen molar-refractivity contribution in [3.05, 3.63) is 46.2 Å². The normalized spacial score (nSPS) is 28.1. The molecule has 3 N–H and O–H groups in total. The number of nitrogen functional groups attached to an aromatic ring is 1. The Kier molecular flexibility index (Phi) is 6.82. The summed E-state index contributed by atoms with van der Waals surface area (Å²) in [6, 6.07) is 8.13. The number of nitrogens with one attached hydrogen (secondary N) is 1. The van der Waals surface area contributed by atoms with E-state index in [1.54, 1.807) is 6.07 Å². The van der Waals surface area contributed by atoms with E-state index in [0.717, 1.165) is 73.9 Å². The molecule has 8 rings (SSSR count). The third kappa shape index (κ3) is 4.57. The zero-order valence-electron chi connectivity index (χ0n) is 26.2. The van der Waals surface area contributed by atoms with Gasteiger partial charge in [0.1, 0.15) is 18.3 Å². The highest BCUT2D eigenvalue weighted by molar-refractivity contribution is 5.67. The highest BCUT2D eigenvalue weighted by Gasteiger charge is 2.65. The van der Waals surface area contributed by atoms with Crippen LogP contribution in [0, 0.1) is 11.3 Å². The molecule has 4 atom stereocenters. The van der Waals surface area contributed by atoms with Crippen molar-refractivity contribution in [2.24, 2.45) is 0 Å². The van der Waals surface area contributed by atoms with Gasteiger partial charge >= 0.3 is 0 Å². The molecule has 2 aliphatic heterocycles. The molecule has 4 heterocycles. The molecule has 0 amide bonds. The van der Waals surface area contributed by atoms with E-state index in [1.807, 2.05) is 19.1 Å². The molecular weight excluding hydrogens is 592 g/mol. The molecule has 1 saturated carbocycles. The number of rotatable bonds is 6. The van der Waals surface area contributed by atoms with Gasteiger partial charge in [-0.1, -0.05) is 11.2 Å². The third-order valence-corrected chi connectivity index (χ3v) is 11.2. The zero-order chi connectivity index (χ0) is 31.8. The van der Waals surface area contributed by atoms with E-state index in [9.17, 15) is 14.0 Å². The summed E-state index contributed by atoms with van der Waals surface area (Å²) in [4.78, 5) is 11.9. The van der Waals surface area contributed by atoms with Gasteiger partial charge < -0.3 is 25.0 Å². The standard InChI is InChI=1S/C34H39F2N7O3/c1-19(24-8-5-13-43(24)2)44-26-14-27(45-25-16-39-33(25)17-34(35,36)18-33)41-31(40-26)29-21-7-4-12-32(30(21)46-42-29)11-3-6-20-9-10-23(38)22(15-37)28(20)32/h9-10,14,19,24-25,39H,3-8,11-13,16-18,38H2,1-2H3. The Bertz CT molecular complexity index is 1730. The minimum Gasteiger partial charge on any atom is -0.473 e. The fourth-order valence-corrected chi connectivity index (χ4v) is 8.92. The summed E-state index contributed by atoms with van der Waals surface area (Å²) < 4.78 is 46.7. The van der Waals surface area contributed by atoms with Crippen LogP contribution >= 0.6 is 0 Å². The number of anilines is 1. The van der Waals surface area contributed by atoms with Crippen LogP contribution in [0.15, 0.2) is 22.7 Å². The van der Waals surface area contributed by atoms with Gasteiger partial charge in [0.05, 0.1) is 22.6 Å². The maximum absolute atomic E-state index is 13.9. The molecule has 2 saturated heterocycles. The average Bonchev–Trinajstić information content (AvgIpc) is 3.65. The van der Waals surface area contributed by atoms with Crippen LogP contribution in [-0.2, 0) is 18.3 Å². The number of hydrogen-bond acceptors (Lipinski definition) is 10. The number of benzene rings is 1. The molecule has 3 aliphatic carbocycles. The molecule has 3 aromatic rings. The van der Waals surface area contributed by atoms with Gasteiger partial charge in [0, 0.05) is 36.7 Å². The minimum atomic E-state index is -2.69. The first-order chi connectivity index (χ1) is 22.1. The summed E-state index contributed by atoms with van der Waals surface area (Å²) in [5.74, 6) is -1.03. The van der Waals surface area contributed by atoms with Crippen LogP contribution in [0.4, 0.5) is 14.5 Å². The van der Waals surface area contributed by atoms with Gasteiger partial charge in [-0.3, -0.25) is 4.90 Å². The number of nitrogens with zero attached hydrogens (tertiary/aromatic N) is 5. The lowest BCUT2D eigenvalue weighted by Gasteiger charge is -2.58. The minimum absolute atomic E-state index is 0.145. The molecule has 12 heteroatoms. The molecule has 0 radical (unpaired) electrons. The van der Waals surface area contributed by atoms with E-state index in [2.05, 4.69) is 28.5 Å². The summed E-state index contributed by atoms with van der Waals surface area (Å²) in [7, 11) is 2.10. The van der Waals surface area contributed by atoms with Crippen molar-refractivity contribution < 1.29 is 22.8 Å². The highest BCUT2D eigenvalue weighted by atomic mass is 19.3. The average molecular weight is 632 g/mol. The summed E-state index contributed by atoms with van der Waals surface area (Å²) in [6.45, 7) is 3.51. The molecule has 2 aromatic heterocycles. The highest BCUT2D eigenvalue weighted by Crippen LogP contribution is 2.54. The second-order valence-corrected chi connectivity index (χ2v) is 14.0. The van der Waals surface area contributed by atoms with Crippen molar-refractivity contribution >= 4 is 5.69 Å². The molecule has 2 spiro atoms. The smallest absolute Gasteiger partial charge is 0.252 e. The predicted molar refractivity (Wildman–Crippen MR) is 165 cm³/mol. The molecule has 1 aromatic carbocycles. The maximum Gasteiger partial charge on any atom is 0.252 e. The van der Waals surface area contributed by atoms with Crippen molar-refractivity contribution in [1.29, 1.82) is 5.26 Å². The first kappa shape index (κ1) is 29.6. The van der Waals surface area contributed by atoms with Crippen molar-refractivity contribution in [3.8, 4) is 29.3 Å². The first-order valence-electron chi connectivity index (χ1n) is 16.5. The maximum atomic E-state index is 13.9. The third-order valence-electron chi connectivity index (χ3n) is 11.2. The first-order valence-corrected chi connectivity index (χ1v) is 16.5. The van der Waals surface area contributed by atoms with E-state index in [4.69, 9.17) is 29.7 Å². The van der Waals surface area contributed by atoms with Crippen molar-refractivity contribution in [1.82, 2.24) is 25.3 Å². The number of likely N-dealkylation sites (N-methyl/N-ethyl adjacent to an activating group) is 1. The Morgan fingerprint density at radius 1 is 1.15 bits per heavy atom. The second-order valence-electron chi connectivity index (χ2n) is 14.0. The number of alkyl halides is 2. The lowest BCUT2D eigenvalue weighted by molar-refractivity contribution is -0.193. The van der Waals surface area contributed by atoms with Crippen LogP contribution in [0.1, 0.15) is 86.3 Å². The van der Waals surface area contributed by atoms with E-state index in [-0.39, 0.29) is 30.9 Å². The van der Waals surface area contributed by atoms with Gasteiger partial charge in [0.25, 0.3) is 5.92 Å². The number of aromatic nitrogens is 3. The van der Waals surface area contributed by atoms with Crippen LogP contribution in [0.5, 0.6) is 11.8 Å². The number of halogens is 2. The van der Waals surface area contributed by atoms with Gasteiger partial charge in [-0.05, 0) is 89.1 Å².